The van der Waals surface area contributed by atoms with Crippen LogP contribution in [0.1, 0.15) is 17.8 Å². The van der Waals surface area contributed by atoms with Crippen LogP contribution in [0.4, 0.5) is 11.6 Å². The summed E-state index contributed by atoms with van der Waals surface area (Å²) in [5, 5.41) is 12.9. The van der Waals surface area contributed by atoms with Crippen LogP contribution < -0.4 is 16.0 Å². The standard InChI is InChI=1S/C30H23ClN6OS/c1-18-25(28(38)33-21-11-6-3-7-12-21)27(24-13-8-16-39-24)36-29(32-18)37-30-34-23-15-14-20(31)17-22(23)26(35-30)19-9-4-2-5-10-19/h2-17,27H,1H3,(H,33,38)(H2,32,34,35,36,37). The number of hydrogen-bond donors (Lipinski definition) is 3. The quantitative estimate of drug-likeness (QED) is 0.218. The van der Waals surface area contributed by atoms with E-state index in [1.807, 2.05) is 103 Å². The minimum Gasteiger partial charge on any atom is -0.329 e. The summed E-state index contributed by atoms with van der Waals surface area (Å²) in [5.41, 5.74) is 4.41. The molecule has 0 saturated heterocycles. The van der Waals surface area contributed by atoms with Gasteiger partial charge in [-0.3, -0.25) is 10.1 Å². The number of rotatable bonds is 5. The van der Waals surface area contributed by atoms with E-state index >= 15 is 0 Å². The van der Waals surface area contributed by atoms with Crippen LogP contribution >= 0.6 is 22.9 Å². The fraction of sp³-hybridized carbons (Fsp3) is 0.0667. The van der Waals surface area contributed by atoms with Crippen LogP contribution in [-0.4, -0.2) is 21.8 Å². The molecule has 7 nitrogen and oxygen atoms in total. The van der Waals surface area contributed by atoms with Crippen molar-refractivity contribution in [1.82, 2.24) is 15.3 Å². The number of nitrogens with one attached hydrogen (secondary N) is 3. The van der Waals surface area contributed by atoms with Crippen LogP contribution in [-0.2, 0) is 4.79 Å². The molecule has 1 unspecified atom stereocenters. The van der Waals surface area contributed by atoms with Crippen LogP contribution in [0.25, 0.3) is 22.2 Å². The van der Waals surface area contributed by atoms with Gasteiger partial charge in [-0.1, -0.05) is 66.2 Å². The maximum absolute atomic E-state index is 13.4. The van der Waals surface area contributed by atoms with E-state index in [0.29, 0.717) is 28.2 Å². The minimum absolute atomic E-state index is 0.211. The van der Waals surface area contributed by atoms with Gasteiger partial charge in [0, 0.05) is 32.2 Å². The highest BCUT2D eigenvalue weighted by Crippen LogP contribution is 2.35. The van der Waals surface area contributed by atoms with Crippen LogP contribution in [0.15, 0.2) is 113 Å². The Labute approximate surface area is 234 Å². The van der Waals surface area contributed by atoms with Gasteiger partial charge in [-0.15, -0.1) is 11.3 Å². The minimum atomic E-state index is -0.495. The van der Waals surface area contributed by atoms with E-state index < -0.39 is 6.04 Å². The first-order chi connectivity index (χ1) is 19.0. The highest BCUT2D eigenvalue weighted by molar-refractivity contribution is 7.10. The van der Waals surface area contributed by atoms with E-state index in [-0.39, 0.29) is 5.91 Å². The molecular formula is C30H23ClN6OS. The Morgan fingerprint density at radius 1 is 0.949 bits per heavy atom. The first-order valence-corrected chi connectivity index (χ1v) is 13.6. The largest absolute Gasteiger partial charge is 0.329 e. The molecule has 3 aromatic carbocycles. The Morgan fingerprint density at radius 2 is 1.72 bits per heavy atom. The molecule has 0 radical (unpaired) electrons. The Balaban J connectivity index is 1.36. The summed E-state index contributed by atoms with van der Waals surface area (Å²) in [6.07, 6.45) is 0. The summed E-state index contributed by atoms with van der Waals surface area (Å²) in [6, 6.07) is 28.3. The smallest absolute Gasteiger partial charge is 0.255 e. The number of hydrogen-bond acceptors (Lipinski definition) is 7. The highest BCUT2D eigenvalue weighted by atomic mass is 35.5. The van der Waals surface area contributed by atoms with Gasteiger partial charge in [-0.25, -0.2) is 15.0 Å². The topological polar surface area (TPSA) is 91.3 Å². The van der Waals surface area contributed by atoms with E-state index in [4.69, 9.17) is 26.6 Å². The van der Waals surface area contributed by atoms with Crippen molar-refractivity contribution in [3.05, 3.63) is 118 Å². The SMILES string of the molecule is CC1=C(C(=O)Nc2ccccc2)C(c2cccs2)N=C(Nc2nc(-c3ccccc3)c3cc(Cl)ccc3n2)N1. The molecule has 1 aliphatic rings. The average Bonchev–Trinajstić information content (AvgIpc) is 3.49. The number of allylic oxidation sites excluding steroid dienone is 1. The molecule has 0 aliphatic carbocycles. The third-order valence-electron chi connectivity index (χ3n) is 6.27. The average molecular weight is 551 g/mol. The number of guanidine groups is 1. The summed E-state index contributed by atoms with van der Waals surface area (Å²) < 4.78 is 0. The maximum Gasteiger partial charge on any atom is 0.255 e. The number of fused-ring (bicyclic) bond motifs is 1. The monoisotopic (exact) mass is 550 g/mol. The number of thiophene rings is 1. The number of aromatic nitrogens is 2. The van der Waals surface area contributed by atoms with Gasteiger partial charge >= 0.3 is 0 Å². The zero-order valence-corrected chi connectivity index (χ0v) is 22.4. The number of aliphatic imine (C=N–C) groups is 1. The molecule has 0 spiro atoms. The molecule has 192 valence electrons. The van der Waals surface area contributed by atoms with Crippen molar-refractivity contribution in [3.8, 4) is 11.3 Å². The molecule has 1 aliphatic heterocycles. The molecule has 0 bridgehead atoms. The molecule has 6 rings (SSSR count). The van der Waals surface area contributed by atoms with Crippen molar-refractivity contribution in [3.63, 3.8) is 0 Å². The summed E-state index contributed by atoms with van der Waals surface area (Å²) in [5.74, 6) is 0.622. The first kappa shape index (κ1) is 24.8. The predicted octanol–water partition coefficient (Wildman–Crippen LogP) is 7.04. The van der Waals surface area contributed by atoms with Crippen molar-refractivity contribution in [2.45, 2.75) is 13.0 Å². The fourth-order valence-corrected chi connectivity index (χ4v) is 5.43. The zero-order valence-electron chi connectivity index (χ0n) is 20.9. The Morgan fingerprint density at radius 3 is 2.46 bits per heavy atom. The predicted molar refractivity (Wildman–Crippen MR) is 159 cm³/mol. The lowest BCUT2D eigenvalue weighted by Gasteiger charge is -2.26. The summed E-state index contributed by atoms with van der Waals surface area (Å²) in [6.45, 7) is 1.87. The molecular weight excluding hydrogens is 528 g/mol. The number of halogens is 1. The van der Waals surface area contributed by atoms with Crippen molar-refractivity contribution in [1.29, 1.82) is 0 Å². The molecule has 3 N–H and O–H groups in total. The van der Waals surface area contributed by atoms with E-state index in [9.17, 15) is 4.79 Å². The van der Waals surface area contributed by atoms with Gasteiger partial charge in [-0.05, 0) is 48.7 Å². The summed E-state index contributed by atoms with van der Waals surface area (Å²) in [4.78, 5) is 28.8. The van der Waals surface area contributed by atoms with E-state index in [0.717, 1.165) is 32.7 Å². The highest BCUT2D eigenvalue weighted by Gasteiger charge is 2.30. The summed E-state index contributed by atoms with van der Waals surface area (Å²) in [7, 11) is 0. The lowest BCUT2D eigenvalue weighted by molar-refractivity contribution is -0.113. The number of carbonyl (C=O) groups excluding carboxylic acids is 1. The van der Waals surface area contributed by atoms with Crippen molar-refractivity contribution in [2.75, 3.05) is 10.6 Å². The van der Waals surface area contributed by atoms with Crippen LogP contribution in [0, 0.1) is 0 Å². The van der Waals surface area contributed by atoms with Crippen molar-refractivity contribution in [2.24, 2.45) is 4.99 Å². The van der Waals surface area contributed by atoms with Crippen LogP contribution in [0.3, 0.4) is 0 Å². The zero-order chi connectivity index (χ0) is 26.8. The molecule has 0 saturated carbocycles. The number of nitrogens with zero attached hydrogens (tertiary/aromatic N) is 3. The van der Waals surface area contributed by atoms with E-state index in [2.05, 4.69) is 16.0 Å². The van der Waals surface area contributed by atoms with Crippen LogP contribution in [0.5, 0.6) is 0 Å². The molecule has 0 fully saturated rings. The van der Waals surface area contributed by atoms with Gasteiger partial charge in [0.15, 0.2) is 0 Å². The second-order valence-electron chi connectivity index (χ2n) is 8.93. The normalized spacial score (nSPS) is 15.0. The third-order valence-corrected chi connectivity index (χ3v) is 7.43. The maximum atomic E-state index is 13.4. The number of amides is 1. The number of benzene rings is 3. The molecule has 3 heterocycles. The third kappa shape index (κ3) is 5.25. The van der Waals surface area contributed by atoms with Crippen molar-refractivity contribution < 1.29 is 4.79 Å². The Hall–Kier alpha value is -4.53. The number of carbonyl (C=O) groups is 1. The van der Waals surface area contributed by atoms with Gasteiger partial charge in [-0.2, -0.15) is 0 Å². The van der Waals surface area contributed by atoms with Gasteiger partial charge in [0.1, 0.15) is 6.04 Å². The molecule has 1 amide bonds. The van der Waals surface area contributed by atoms with Crippen LogP contribution in [0.2, 0.25) is 5.02 Å². The second kappa shape index (κ2) is 10.7. The first-order valence-electron chi connectivity index (χ1n) is 12.3. The Bertz CT molecular complexity index is 1720. The van der Waals surface area contributed by atoms with Gasteiger partial charge in [0.2, 0.25) is 11.9 Å². The van der Waals surface area contributed by atoms with Gasteiger partial charge < -0.3 is 10.6 Å². The molecule has 5 aromatic rings. The molecule has 2 aromatic heterocycles. The molecule has 9 heteroatoms. The summed E-state index contributed by atoms with van der Waals surface area (Å²) >= 11 is 7.86. The lowest BCUT2D eigenvalue weighted by atomic mass is 10.0. The molecule has 39 heavy (non-hydrogen) atoms. The Kier molecular flexibility index (Phi) is 6.79. The second-order valence-corrected chi connectivity index (χ2v) is 10.3. The van der Waals surface area contributed by atoms with E-state index in [1.54, 1.807) is 11.3 Å². The van der Waals surface area contributed by atoms with Crippen molar-refractivity contribution >= 4 is 57.3 Å². The molecule has 1 atom stereocenters. The van der Waals surface area contributed by atoms with Gasteiger partial charge in [0.05, 0.1) is 16.8 Å². The number of anilines is 2. The lowest BCUT2D eigenvalue weighted by Crippen LogP contribution is -2.37. The van der Waals surface area contributed by atoms with E-state index in [1.165, 1.54) is 0 Å². The number of para-hydroxylation sites is 1. The fourth-order valence-electron chi connectivity index (χ4n) is 4.49. The van der Waals surface area contributed by atoms with Gasteiger partial charge in [0.25, 0.3) is 5.91 Å².